The molecule has 2 amide bonds. The number of hydrazine groups is 1. The molecule has 8 nitrogen and oxygen atoms in total. The second-order valence-electron chi connectivity index (χ2n) is 7.10. The van der Waals surface area contributed by atoms with Gasteiger partial charge in [0, 0.05) is 30.1 Å². The van der Waals surface area contributed by atoms with Crippen LogP contribution < -0.4 is 16.4 Å². The van der Waals surface area contributed by atoms with Crippen LogP contribution in [0, 0.1) is 6.92 Å². The van der Waals surface area contributed by atoms with E-state index in [-0.39, 0.29) is 30.9 Å². The molecular formula is C22H21N5O3. The Hall–Kier alpha value is -3.94. The predicted octanol–water partition coefficient (Wildman–Crippen LogP) is 1.97. The summed E-state index contributed by atoms with van der Waals surface area (Å²) in [5.74, 6) is -0.716. The SMILES string of the molecule is Cc1cccc2c(=O)n(CCC(=O)NNC(=O)Cc3c[nH]c4ccccc34)cnc12. The minimum Gasteiger partial charge on any atom is -0.361 e. The zero-order valence-electron chi connectivity index (χ0n) is 16.4. The fourth-order valence-corrected chi connectivity index (χ4v) is 3.42. The Morgan fingerprint density at radius 3 is 2.67 bits per heavy atom. The van der Waals surface area contributed by atoms with Gasteiger partial charge in [-0.2, -0.15) is 0 Å². The quantitative estimate of drug-likeness (QED) is 0.443. The number of carbonyl (C=O) groups excluding carboxylic acids is 2. The fraction of sp³-hybridized carbons (Fsp3) is 0.182. The summed E-state index contributed by atoms with van der Waals surface area (Å²) in [5, 5.41) is 1.49. The van der Waals surface area contributed by atoms with Crippen molar-refractivity contribution in [1.82, 2.24) is 25.4 Å². The first-order valence-electron chi connectivity index (χ1n) is 9.60. The van der Waals surface area contributed by atoms with Gasteiger partial charge in [-0.25, -0.2) is 4.98 Å². The molecule has 0 bridgehead atoms. The second-order valence-corrected chi connectivity index (χ2v) is 7.10. The molecule has 30 heavy (non-hydrogen) atoms. The summed E-state index contributed by atoms with van der Waals surface area (Å²) in [5.41, 5.74) is 8.00. The van der Waals surface area contributed by atoms with Crippen LogP contribution in [0.15, 0.2) is 59.8 Å². The van der Waals surface area contributed by atoms with E-state index in [0.29, 0.717) is 10.9 Å². The number of hydrogen-bond acceptors (Lipinski definition) is 4. The van der Waals surface area contributed by atoms with Gasteiger partial charge in [0.15, 0.2) is 0 Å². The smallest absolute Gasteiger partial charge is 0.261 e. The third-order valence-corrected chi connectivity index (χ3v) is 5.00. The molecule has 0 aliphatic rings. The maximum absolute atomic E-state index is 12.6. The van der Waals surface area contributed by atoms with Crippen LogP contribution in [0.1, 0.15) is 17.5 Å². The monoisotopic (exact) mass is 403 g/mol. The molecule has 0 fully saturated rings. The molecule has 3 N–H and O–H groups in total. The van der Waals surface area contributed by atoms with Crippen molar-refractivity contribution in [2.75, 3.05) is 0 Å². The number of aromatic amines is 1. The van der Waals surface area contributed by atoms with Crippen molar-refractivity contribution in [1.29, 1.82) is 0 Å². The van der Waals surface area contributed by atoms with Crippen LogP contribution in [-0.2, 0) is 22.6 Å². The summed E-state index contributed by atoms with van der Waals surface area (Å²) < 4.78 is 1.40. The van der Waals surface area contributed by atoms with Crippen LogP contribution in [0.5, 0.6) is 0 Å². The van der Waals surface area contributed by atoms with Gasteiger partial charge >= 0.3 is 0 Å². The first-order valence-corrected chi connectivity index (χ1v) is 9.60. The molecule has 0 saturated heterocycles. The maximum atomic E-state index is 12.6. The summed E-state index contributed by atoms with van der Waals surface area (Å²) >= 11 is 0. The molecule has 2 heterocycles. The Bertz CT molecular complexity index is 1310. The highest BCUT2D eigenvalue weighted by Crippen LogP contribution is 2.17. The Balaban J connectivity index is 1.32. The largest absolute Gasteiger partial charge is 0.361 e. The average molecular weight is 403 g/mol. The number of rotatable bonds is 5. The van der Waals surface area contributed by atoms with Gasteiger partial charge < -0.3 is 4.98 Å². The molecule has 4 aromatic rings. The molecule has 2 aromatic heterocycles. The first-order chi connectivity index (χ1) is 14.5. The predicted molar refractivity (Wildman–Crippen MR) is 114 cm³/mol. The number of nitrogens with zero attached hydrogens (tertiary/aromatic N) is 2. The summed E-state index contributed by atoms with van der Waals surface area (Å²) in [7, 11) is 0. The molecular weight excluding hydrogens is 382 g/mol. The lowest BCUT2D eigenvalue weighted by molar-refractivity contribution is -0.128. The average Bonchev–Trinajstić information content (AvgIpc) is 3.15. The van der Waals surface area contributed by atoms with Crippen molar-refractivity contribution in [2.45, 2.75) is 26.3 Å². The minimum atomic E-state index is -0.390. The molecule has 152 valence electrons. The standard InChI is InChI=1S/C22H21N5O3/c1-14-5-4-7-17-21(14)24-13-27(22(17)30)10-9-19(28)25-26-20(29)11-15-12-23-18-8-3-2-6-16(15)18/h2-8,12-13,23H,9-11H2,1H3,(H,25,28)(H,26,29). The molecule has 4 rings (SSSR count). The van der Waals surface area contributed by atoms with Crippen LogP contribution in [0.3, 0.4) is 0 Å². The van der Waals surface area contributed by atoms with E-state index in [0.717, 1.165) is 22.0 Å². The van der Waals surface area contributed by atoms with Crippen LogP contribution in [-0.4, -0.2) is 26.3 Å². The van der Waals surface area contributed by atoms with Crippen molar-refractivity contribution in [3.8, 4) is 0 Å². The summed E-state index contributed by atoms with van der Waals surface area (Å²) in [4.78, 5) is 44.3. The summed E-state index contributed by atoms with van der Waals surface area (Å²) in [6.07, 6.45) is 3.40. The second kappa shape index (κ2) is 8.20. The van der Waals surface area contributed by atoms with Crippen molar-refractivity contribution < 1.29 is 9.59 Å². The Labute approximate surface area is 171 Å². The number of aromatic nitrogens is 3. The molecule has 0 atom stereocenters. The Kier molecular flexibility index (Phi) is 5.30. The first kappa shape index (κ1) is 19.4. The molecule has 0 saturated carbocycles. The topological polar surface area (TPSA) is 109 Å². The van der Waals surface area contributed by atoms with E-state index < -0.39 is 5.91 Å². The van der Waals surface area contributed by atoms with E-state index in [2.05, 4.69) is 20.8 Å². The highest BCUT2D eigenvalue weighted by Gasteiger charge is 2.11. The Morgan fingerprint density at radius 1 is 1.03 bits per heavy atom. The zero-order chi connectivity index (χ0) is 21.1. The molecule has 0 radical (unpaired) electrons. The number of benzene rings is 2. The van der Waals surface area contributed by atoms with E-state index >= 15 is 0 Å². The van der Waals surface area contributed by atoms with E-state index in [9.17, 15) is 14.4 Å². The lowest BCUT2D eigenvalue weighted by atomic mass is 10.1. The maximum Gasteiger partial charge on any atom is 0.261 e. The summed E-state index contributed by atoms with van der Waals surface area (Å²) in [6.45, 7) is 2.06. The molecule has 0 spiro atoms. The van der Waals surface area contributed by atoms with Gasteiger partial charge in [-0.3, -0.25) is 29.8 Å². The molecule has 8 heteroatoms. The minimum absolute atomic E-state index is 0.0340. The number of aryl methyl sites for hydroxylation is 2. The van der Waals surface area contributed by atoms with Gasteiger partial charge in [0.25, 0.3) is 5.56 Å². The third-order valence-electron chi connectivity index (χ3n) is 5.00. The van der Waals surface area contributed by atoms with Gasteiger partial charge in [-0.15, -0.1) is 0 Å². The van der Waals surface area contributed by atoms with Crippen molar-refractivity contribution >= 4 is 33.6 Å². The third kappa shape index (κ3) is 3.93. The van der Waals surface area contributed by atoms with E-state index in [1.54, 1.807) is 18.3 Å². The molecule has 0 aliphatic carbocycles. The van der Waals surface area contributed by atoms with Crippen molar-refractivity contribution in [3.63, 3.8) is 0 Å². The van der Waals surface area contributed by atoms with Gasteiger partial charge in [-0.05, 0) is 30.2 Å². The van der Waals surface area contributed by atoms with Gasteiger partial charge in [0.05, 0.1) is 23.7 Å². The lowest BCUT2D eigenvalue weighted by Crippen LogP contribution is -2.42. The highest BCUT2D eigenvalue weighted by molar-refractivity contribution is 5.89. The summed E-state index contributed by atoms with van der Waals surface area (Å²) in [6, 6.07) is 13.1. The van der Waals surface area contributed by atoms with Gasteiger partial charge in [0.1, 0.15) is 0 Å². The molecule has 0 unspecified atom stereocenters. The Morgan fingerprint density at radius 2 is 1.80 bits per heavy atom. The van der Waals surface area contributed by atoms with Crippen molar-refractivity contribution in [3.05, 3.63) is 76.5 Å². The van der Waals surface area contributed by atoms with Crippen LogP contribution in [0.25, 0.3) is 21.8 Å². The highest BCUT2D eigenvalue weighted by atomic mass is 16.2. The number of carbonyl (C=O) groups is 2. The molecule has 0 aliphatic heterocycles. The number of H-pyrrole nitrogens is 1. The van der Waals surface area contributed by atoms with E-state index in [1.807, 2.05) is 37.3 Å². The normalized spacial score (nSPS) is 11.0. The van der Waals surface area contributed by atoms with Gasteiger partial charge in [-0.1, -0.05) is 30.3 Å². The zero-order valence-corrected chi connectivity index (χ0v) is 16.4. The number of nitrogens with one attached hydrogen (secondary N) is 3. The lowest BCUT2D eigenvalue weighted by Gasteiger charge is -2.09. The van der Waals surface area contributed by atoms with Crippen molar-refractivity contribution in [2.24, 2.45) is 0 Å². The van der Waals surface area contributed by atoms with Crippen LogP contribution in [0.2, 0.25) is 0 Å². The number of hydrogen-bond donors (Lipinski definition) is 3. The molecule has 2 aromatic carbocycles. The number of para-hydroxylation sites is 2. The number of amides is 2. The van der Waals surface area contributed by atoms with E-state index in [4.69, 9.17) is 0 Å². The van der Waals surface area contributed by atoms with Gasteiger partial charge in [0.2, 0.25) is 11.8 Å². The fourth-order valence-electron chi connectivity index (χ4n) is 3.42. The van der Waals surface area contributed by atoms with Crippen LogP contribution in [0.4, 0.5) is 0 Å². The number of fused-ring (bicyclic) bond motifs is 2. The van der Waals surface area contributed by atoms with Crippen LogP contribution >= 0.6 is 0 Å². The van der Waals surface area contributed by atoms with E-state index in [1.165, 1.54) is 10.9 Å².